The molecule has 2 aromatic carbocycles. The second-order valence-electron chi connectivity index (χ2n) is 3.94. The van der Waals surface area contributed by atoms with Gasteiger partial charge in [-0.2, -0.15) is 0 Å². The van der Waals surface area contributed by atoms with Crippen LogP contribution in [0.15, 0.2) is 46.9 Å². The van der Waals surface area contributed by atoms with Crippen LogP contribution in [0.3, 0.4) is 0 Å². The minimum atomic E-state index is -0.156. The smallest absolute Gasteiger partial charge is 0.0640 e. The molecule has 1 unspecified atom stereocenters. The van der Waals surface area contributed by atoms with Gasteiger partial charge in [-0.3, -0.25) is 0 Å². The highest BCUT2D eigenvalue weighted by molar-refractivity contribution is 9.10. The zero-order valence-corrected chi connectivity index (χ0v) is 13.2. The zero-order chi connectivity index (χ0) is 13.1. The van der Waals surface area contributed by atoms with E-state index in [1.807, 2.05) is 42.5 Å². The number of halogens is 4. The van der Waals surface area contributed by atoms with Crippen LogP contribution in [-0.2, 0) is 6.42 Å². The molecule has 2 rings (SSSR count). The first-order valence-electron chi connectivity index (χ1n) is 5.40. The van der Waals surface area contributed by atoms with Crippen molar-refractivity contribution in [1.29, 1.82) is 0 Å². The Morgan fingerprint density at radius 2 is 1.67 bits per heavy atom. The lowest BCUT2D eigenvalue weighted by molar-refractivity contribution is 0.919. The number of hydrogen-bond acceptors (Lipinski definition) is 0. The number of benzene rings is 2. The van der Waals surface area contributed by atoms with E-state index in [1.165, 1.54) is 0 Å². The summed E-state index contributed by atoms with van der Waals surface area (Å²) in [4.78, 5) is 0. The Labute approximate surface area is 130 Å². The van der Waals surface area contributed by atoms with Crippen LogP contribution in [0.1, 0.15) is 16.5 Å². The second kappa shape index (κ2) is 6.29. The maximum Gasteiger partial charge on any atom is 0.0640 e. The van der Waals surface area contributed by atoms with Crippen LogP contribution >= 0.6 is 50.7 Å². The molecular weight excluding hydrogens is 354 g/mol. The second-order valence-corrected chi connectivity index (χ2v) is 6.14. The summed E-state index contributed by atoms with van der Waals surface area (Å²) in [7, 11) is 0. The topological polar surface area (TPSA) is 0 Å². The van der Waals surface area contributed by atoms with Crippen molar-refractivity contribution >= 4 is 50.7 Å². The summed E-state index contributed by atoms with van der Waals surface area (Å²) in [5, 5.41) is 1.24. The minimum Gasteiger partial charge on any atom is -0.117 e. The monoisotopic (exact) mass is 362 g/mol. The van der Waals surface area contributed by atoms with E-state index in [0.717, 1.165) is 27.0 Å². The summed E-state index contributed by atoms with van der Waals surface area (Å²) in [6.07, 6.45) is 0.717. The lowest BCUT2D eigenvalue weighted by Gasteiger charge is -2.12. The highest BCUT2D eigenvalue weighted by atomic mass is 79.9. The molecule has 0 nitrogen and oxygen atoms in total. The molecule has 0 heterocycles. The summed E-state index contributed by atoms with van der Waals surface area (Å²) in [5.74, 6) is 0. The van der Waals surface area contributed by atoms with Gasteiger partial charge in [0, 0.05) is 9.50 Å². The van der Waals surface area contributed by atoms with Gasteiger partial charge < -0.3 is 0 Å². The predicted octanol–water partition coefficient (Wildman–Crippen LogP) is 6.28. The Morgan fingerprint density at radius 1 is 1.00 bits per heavy atom. The summed E-state index contributed by atoms with van der Waals surface area (Å²) in [6, 6.07) is 13.5. The lowest BCUT2D eigenvalue weighted by atomic mass is 10.0. The molecule has 0 radical (unpaired) electrons. The molecule has 0 amide bonds. The Kier molecular flexibility index (Phi) is 4.97. The molecule has 94 valence electrons. The molecule has 4 heteroatoms. The maximum atomic E-state index is 6.42. The third-order valence-corrected chi connectivity index (χ3v) is 4.60. The third kappa shape index (κ3) is 3.42. The van der Waals surface area contributed by atoms with E-state index >= 15 is 0 Å². The fourth-order valence-electron chi connectivity index (χ4n) is 1.70. The van der Waals surface area contributed by atoms with E-state index < -0.39 is 0 Å². The van der Waals surface area contributed by atoms with E-state index in [0.29, 0.717) is 5.02 Å². The van der Waals surface area contributed by atoms with Crippen molar-refractivity contribution in [1.82, 2.24) is 0 Å². The van der Waals surface area contributed by atoms with Crippen molar-refractivity contribution in [2.75, 3.05) is 0 Å². The van der Waals surface area contributed by atoms with E-state index in [1.54, 1.807) is 0 Å². The zero-order valence-electron chi connectivity index (χ0n) is 9.34. The molecule has 1 atom stereocenters. The van der Waals surface area contributed by atoms with Gasteiger partial charge in [0.25, 0.3) is 0 Å². The van der Waals surface area contributed by atoms with E-state index in [9.17, 15) is 0 Å². The third-order valence-electron chi connectivity index (χ3n) is 2.65. The summed E-state index contributed by atoms with van der Waals surface area (Å²) in [5.41, 5.74) is 2.07. The van der Waals surface area contributed by atoms with Gasteiger partial charge >= 0.3 is 0 Å². The number of rotatable bonds is 3. The summed E-state index contributed by atoms with van der Waals surface area (Å²) in [6.45, 7) is 0. The van der Waals surface area contributed by atoms with Crippen LogP contribution in [-0.4, -0.2) is 0 Å². The van der Waals surface area contributed by atoms with Gasteiger partial charge in [0.2, 0.25) is 0 Å². The SMILES string of the molecule is Clc1ccc(CC(Cl)c2cccc(Br)c2Cl)cc1. The first-order valence-corrected chi connectivity index (χ1v) is 7.39. The average molecular weight is 364 g/mol. The molecule has 0 saturated carbocycles. The standard InChI is InChI=1S/C14H10BrCl3/c15-12-3-1-2-11(14(12)18)13(17)8-9-4-6-10(16)7-5-9/h1-7,13H,8H2. The van der Waals surface area contributed by atoms with Gasteiger partial charge in [-0.25, -0.2) is 0 Å². The fourth-order valence-corrected chi connectivity index (χ4v) is 2.88. The molecule has 0 aliphatic rings. The highest BCUT2D eigenvalue weighted by Crippen LogP contribution is 2.35. The predicted molar refractivity (Wildman–Crippen MR) is 82.9 cm³/mol. The van der Waals surface area contributed by atoms with Crippen LogP contribution in [0.25, 0.3) is 0 Å². The van der Waals surface area contributed by atoms with Gasteiger partial charge in [-0.05, 0) is 51.7 Å². The molecule has 2 aromatic rings. The van der Waals surface area contributed by atoms with E-state index in [-0.39, 0.29) is 5.38 Å². The molecule has 0 aromatic heterocycles. The van der Waals surface area contributed by atoms with Crippen LogP contribution in [0.2, 0.25) is 10.0 Å². The van der Waals surface area contributed by atoms with Gasteiger partial charge in [0.15, 0.2) is 0 Å². The lowest BCUT2D eigenvalue weighted by Crippen LogP contribution is -1.97. The van der Waals surface area contributed by atoms with Crippen molar-refractivity contribution in [3.63, 3.8) is 0 Å². The Balaban J connectivity index is 2.19. The molecule has 0 saturated heterocycles. The summed E-state index contributed by atoms with van der Waals surface area (Å²) < 4.78 is 0.864. The van der Waals surface area contributed by atoms with E-state index in [4.69, 9.17) is 34.8 Å². The van der Waals surface area contributed by atoms with Crippen molar-refractivity contribution in [2.45, 2.75) is 11.8 Å². The quantitative estimate of drug-likeness (QED) is 0.562. The van der Waals surface area contributed by atoms with E-state index in [2.05, 4.69) is 15.9 Å². The Bertz CT molecular complexity index is 537. The molecule has 0 aliphatic carbocycles. The van der Waals surface area contributed by atoms with Crippen LogP contribution in [0.5, 0.6) is 0 Å². The average Bonchev–Trinajstić information content (AvgIpc) is 2.35. The minimum absolute atomic E-state index is 0.156. The molecule has 0 aliphatic heterocycles. The van der Waals surface area contributed by atoms with Gasteiger partial charge in [-0.1, -0.05) is 47.5 Å². The van der Waals surface area contributed by atoms with Crippen LogP contribution < -0.4 is 0 Å². The van der Waals surface area contributed by atoms with Crippen molar-refractivity contribution in [2.24, 2.45) is 0 Å². The Morgan fingerprint density at radius 3 is 2.33 bits per heavy atom. The largest absolute Gasteiger partial charge is 0.117 e. The van der Waals surface area contributed by atoms with Crippen molar-refractivity contribution < 1.29 is 0 Å². The van der Waals surface area contributed by atoms with Crippen LogP contribution in [0, 0.1) is 0 Å². The molecule has 0 bridgehead atoms. The Hall–Kier alpha value is -0.210. The first kappa shape index (κ1) is 14.2. The molecule has 18 heavy (non-hydrogen) atoms. The van der Waals surface area contributed by atoms with Crippen molar-refractivity contribution in [3.05, 3.63) is 68.1 Å². The van der Waals surface area contributed by atoms with Gasteiger partial charge in [0.1, 0.15) is 0 Å². The molecule has 0 fully saturated rings. The number of hydrogen-bond donors (Lipinski definition) is 0. The normalized spacial score (nSPS) is 12.4. The van der Waals surface area contributed by atoms with Gasteiger partial charge in [-0.15, -0.1) is 11.6 Å². The van der Waals surface area contributed by atoms with Crippen LogP contribution in [0.4, 0.5) is 0 Å². The fraction of sp³-hybridized carbons (Fsp3) is 0.143. The molecule has 0 spiro atoms. The van der Waals surface area contributed by atoms with Crippen molar-refractivity contribution in [3.8, 4) is 0 Å². The first-order chi connectivity index (χ1) is 8.58. The summed E-state index contributed by atoms with van der Waals surface area (Å²) >= 11 is 21.9. The molecule has 0 N–H and O–H groups in total. The van der Waals surface area contributed by atoms with Gasteiger partial charge in [0.05, 0.1) is 10.4 Å². The number of alkyl halides is 1. The maximum absolute atomic E-state index is 6.42. The molecular formula is C14H10BrCl3. The highest BCUT2D eigenvalue weighted by Gasteiger charge is 2.14.